The van der Waals surface area contributed by atoms with E-state index in [1.165, 1.54) is 0 Å². The lowest BCUT2D eigenvalue weighted by Gasteiger charge is -2.02. The number of ether oxygens (including phenoxy) is 1. The molecule has 0 fully saturated rings. The maximum absolute atomic E-state index is 11.3. The van der Waals surface area contributed by atoms with Crippen LogP contribution in [0.15, 0.2) is 33.5 Å². The van der Waals surface area contributed by atoms with Gasteiger partial charge in [-0.15, -0.1) is 0 Å². The van der Waals surface area contributed by atoms with Crippen molar-refractivity contribution >= 4 is 11.0 Å². The van der Waals surface area contributed by atoms with Crippen LogP contribution >= 0.6 is 0 Å². The minimum absolute atomic E-state index is 0.246. The monoisotopic (exact) mass is 206 g/mol. The third kappa shape index (κ3) is 1.71. The topological polar surface area (TPSA) is 59.7 Å². The van der Waals surface area contributed by atoms with Crippen molar-refractivity contribution in [2.24, 2.45) is 0 Å². The highest BCUT2D eigenvalue weighted by atomic mass is 16.5. The lowest BCUT2D eigenvalue weighted by molar-refractivity contribution is 0.276. The van der Waals surface area contributed by atoms with Gasteiger partial charge in [0.1, 0.15) is 11.3 Å². The van der Waals surface area contributed by atoms with E-state index in [4.69, 9.17) is 14.3 Å². The first kappa shape index (κ1) is 9.73. The van der Waals surface area contributed by atoms with Crippen LogP contribution in [-0.2, 0) is 6.61 Å². The number of hydrogen-bond donors (Lipinski definition) is 1. The van der Waals surface area contributed by atoms with Crippen molar-refractivity contribution in [2.75, 3.05) is 7.11 Å². The van der Waals surface area contributed by atoms with Crippen LogP contribution in [0.4, 0.5) is 0 Å². The molecule has 0 bridgehead atoms. The highest BCUT2D eigenvalue weighted by Crippen LogP contribution is 2.20. The molecular weight excluding hydrogens is 196 g/mol. The van der Waals surface area contributed by atoms with Gasteiger partial charge in [0, 0.05) is 5.39 Å². The van der Waals surface area contributed by atoms with Gasteiger partial charge in [-0.05, 0) is 24.3 Å². The number of methoxy groups -OCH3 is 1. The molecule has 0 aliphatic carbocycles. The molecular formula is C11H10O4. The average Bonchev–Trinajstić information content (AvgIpc) is 2.27. The minimum atomic E-state index is -0.504. The molecule has 1 N–H and O–H groups in total. The fourth-order valence-corrected chi connectivity index (χ4v) is 1.38. The van der Waals surface area contributed by atoms with Crippen molar-refractivity contribution in [2.45, 2.75) is 6.61 Å². The van der Waals surface area contributed by atoms with Gasteiger partial charge in [-0.25, -0.2) is 4.79 Å². The minimum Gasteiger partial charge on any atom is -0.497 e. The molecule has 0 unspecified atom stereocenters. The van der Waals surface area contributed by atoms with Crippen molar-refractivity contribution in [1.82, 2.24) is 0 Å². The molecule has 0 atom stereocenters. The summed E-state index contributed by atoms with van der Waals surface area (Å²) in [5.41, 5.74) is 0.226. The summed E-state index contributed by atoms with van der Waals surface area (Å²) in [6.07, 6.45) is 0. The molecule has 4 nitrogen and oxygen atoms in total. The Hall–Kier alpha value is -1.81. The lowest BCUT2D eigenvalue weighted by Crippen LogP contribution is -2.06. The number of rotatable bonds is 2. The predicted molar refractivity (Wildman–Crippen MR) is 55.0 cm³/mol. The fraction of sp³-hybridized carbons (Fsp3) is 0.182. The van der Waals surface area contributed by atoms with Crippen LogP contribution in [0.25, 0.3) is 11.0 Å². The van der Waals surface area contributed by atoms with Crippen molar-refractivity contribution < 1.29 is 14.3 Å². The van der Waals surface area contributed by atoms with Crippen molar-refractivity contribution in [3.63, 3.8) is 0 Å². The molecule has 1 heterocycles. The summed E-state index contributed by atoms with van der Waals surface area (Å²) < 4.78 is 10.1. The van der Waals surface area contributed by atoms with E-state index in [0.29, 0.717) is 11.3 Å². The van der Waals surface area contributed by atoms with E-state index >= 15 is 0 Å². The Morgan fingerprint density at radius 2 is 2.20 bits per heavy atom. The number of benzene rings is 1. The average molecular weight is 206 g/mol. The molecule has 0 saturated heterocycles. The van der Waals surface area contributed by atoms with E-state index in [9.17, 15) is 4.79 Å². The molecule has 2 rings (SSSR count). The second kappa shape index (κ2) is 3.74. The third-order valence-electron chi connectivity index (χ3n) is 2.18. The Kier molecular flexibility index (Phi) is 2.43. The summed E-state index contributed by atoms with van der Waals surface area (Å²) in [6, 6.07) is 6.72. The van der Waals surface area contributed by atoms with Gasteiger partial charge in [-0.3, -0.25) is 0 Å². The van der Waals surface area contributed by atoms with E-state index < -0.39 is 5.63 Å². The zero-order valence-electron chi connectivity index (χ0n) is 8.19. The Labute approximate surface area is 85.7 Å². The lowest BCUT2D eigenvalue weighted by atomic mass is 10.2. The molecule has 1 aromatic carbocycles. The normalized spacial score (nSPS) is 10.5. The largest absolute Gasteiger partial charge is 0.497 e. The zero-order valence-corrected chi connectivity index (χ0v) is 8.19. The molecule has 0 aliphatic rings. The Morgan fingerprint density at radius 1 is 1.40 bits per heavy atom. The standard InChI is InChI=1S/C11H10O4/c1-14-9-2-3-10-7(5-9)4-8(6-12)11(13)15-10/h2-5,12H,6H2,1H3. The molecule has 15 heavy (non-hydrogen) atoms. The van der Waals surface area contributed by atoms with Gasteiger partial charge in [0.25, 0.3) is 0 Å². The quantitative estimate of drug-likeness (QED) is 0.752. The maximum atomic E-state index is 11.3. The maximum Gasteiger partial charge on any atom is 0.341 e. The van der Waals surface area contributed by atoms with Gasteiger partial charge in [-0.1, -0.05) is 0 Å². The van der Waals surface area contributed by atoms with Crippen LogP contribution in [0.1, 0.15) is 5.56 Å². The highest BCUT2D eigenvalue weighted by molar-refractivity contribution is 5.78. The van der Waals surface area contributed by atoms with Crippen molar-refractivity contribution in [3.8, 4) is 5.75 Å². The molecule has 0 saturated carbocycles. The van der Waals surface area contributed by atoms with Crippen LogP contribution in [0.2, 0.25) is 0 Å². The molecule has 1 aromatic heterocycles. The van der Waals surface area contributed by atoms with Crippen LogP contribution in [0, 0.1) is 0 Å². The fourth-order valence-electron chi connectivity index (χ4n) is 1.38. The molecule has 0 radical (unpaired) electrons. The van der Waals surface area contributed by atoms with Crippen LogP contribution in [0.3, 0.4) is 0 Å². The Bertz CT molecular complexity index is 542. The van der Waals surface area contributed by atoms with Gasteiger partial charge in [0.05, 0.1) is 19.3 Å². The van der Waals surface area contributed by atoms with Gasteiger partial charge in [-0.2, -0.15) is 0 Å². The van der Waals surface area contributed by atoms with Crippen molar-refractivity contribution in [1.29, 1.82) is 0 Å². The second-order valence-electron chi connectivity index (χ2n) is 3.12. The summed E-state index contributed by atoms with van der Waals surface area (Å²) >= 11 is 0. The summed E-state index contributed by atoms with van der Waals surface area (Å²) in [7, 11) is 1.56. The molecule has 0 aliphatic heterocycles. The molecule has 0 spiro atoms. The van der Waals surface area contributed by atoms with Gasteiger partial charge in [0.2, 0.25) is 0 Å². The van der Waals surface area contributed by atoms with E-state index in [2.05, 4.69) is 0 Å². The summed E-state index contributed by atoms with van der Waals surface area (Å²) in [5.74, 6) is 0.681. The van der Waals surface area contributed by atoms with Gasteiger partial charge in [0.15, 0.2) is 0 Å². The molecule has 4 heteroatoms. The van der Waals surface area contributed by atoms with E-state index in [0.717, 1.165) is 5.39 Å². The van der Waals surface area contributed by atoms with Crippen LogP contribution in [0.5, 0.6) is 5.75 Å². The van der Waals surface area contributed by atoms with Gasteiger partial charge >= 0.3 is 5.63 Å². The first-order valence-electron chi connectivity index (χ1n) is 4.46. The SMILES string of the molecule is COc1ccc2oc(=O)c(CO)cc2c1. The number of aliphatic hydroxyl groups is 1. The van der Waals surface area contributed by atoms with Gasteiger partial charge < -0.3 is 14.3 Å². The number of aliphatic hydroxyl groups excluding tert-OH is 1. The number of hydrogen-bond acceptors (Lipinski definition) is 4. The van der Waals surface area contributed by atoms with Crippen molar-refractivity contribution in [3.05, 3.63) is 40.2 Å². The highest BCUT2D eigenvalue weighted by Gasteiger charge is 2.04. The first-order chi connectivity index (χ1) is 7.24. The van der Waals surface area contributed by atoms with E-state index in [1.54, 1.807) is 31.4 Å². The van der Waals surface area contributed by atoms with E-state index in [1.807, 2.05) is 0 Å². The van der Waals surface area contributed by atoms with Crippen LogP contribution in [-0.4, -0.2) is 12.2 Å². The van der Waals surface area contributed by atoms with Crippen LogP contribution < -0.4 is 10.4 Å². The zero-order chi connectivity index (χ0) is 10.8. The Morgan fingerprint density at radius 3 is 2.87 bits per heavy atom. The predicted octanol–water partition coefficient (Wildman–Crippen LogP) is 1.29. The number of fused-ring (bicyclic) bond motifs is 1. The third-order valence-corrected chi connectivity index (χ3v) is 2.18. The molecule has 0 amide bonds. The summed E-state index contributed by atoms with van der Waals surface area (Å²) in [5, 5.41) is 9.65. The summed E-state index contributed by atoms with van der Waals surface area (Å²) in [6.45, 7) is -0.324. The second-order valence-corrected chi connectivity index (χ2v) is 3.12. The molecule has 78 valence electrons. The smallest absolute Gasteiger partial charge is 0.341 e. The molecule has 2 aromatic rings. The summed E-state index contributed by atoms with van der Waals surface area (Å²) in [4.78, 5) is 11.3. The Balaban J connectivity index is 2.71. The first-order valence-corrected chi connectivity index (χ1v) is 4.46. The van der Waals surface area contributed by atoms with E-state index in [-0.39, 0.29) is 12.2 Å².